The molecule has 0 unspecified atom stereocenters. The van der Waals surface area contributed by atoms with E-state index in [2.05, 4.69) is 15.3 Å². The lowest BCUT2D eigenvalue weighted by Gasteiger charge is -2.13. The molecule has 38 heavy (non-hydrogen) atoms. The Bertz CT molecular complexity index is 1580. The predicted molar refractivity (Wildman–Crippen MR) is 140 cm³/mol. The summed E-state index contributed by atoms with van der Waals surface area (Å²) >= 11 is 1.28. The third kappa shape index (κ3) is 5.51. The van der Waals surface area contributed by atoms with Crippen molar-refractivity contribution in [1.29, 1.82) is 0 Å². The first kappa shape index (κ1) is 25.7. The molecule has 0 spiro atoms. The smallest absolute Gasteiger partial charge is 0.360 e. The number of aromatic nitrogens is 2. The first-order valence-electron chi connectivity index (χ1n) is 11.6. The predicted octanol–water partition coefficient (Wildman–Crippen LogP) is 7.30. The number of rotatable bonds is 7. The van der Waals surface area contributed by atoms with E-state index in [-0.39, 0.29) is 12.1 Å². The molecule has 3 N–H and O–H groups in total. The molecular formula is C28H21F5N4S. The molecule has 0 aliphatic heterocycles. The van der Waals surface area contributed by atoms with Gasteiger partial charge in [-0.3, -0.25) is 4.98 Å². The van der Waals surface area contributed by atoms with Crippen molar-refractivity contribution < 1.29 is 22.0 Å². The Morgan fingerprint density at radius 2 is 1.74 bits per heavy atom. The van der Waals surface area contributed by atoms with Gasteiger partial charge in [-0.25, -0.2) is 13.8 Å². The molecule has 5 rings (SSSR count). The summed E-state index contributed by atoms with van der Waals surface area (Å²) in [6, 6.07) is 16.0. The maximum absolute atomic E-state index is 14.8. The van der Waals surface area contributed by atoms with Crippen LogP contribution in [0.15, 0.2) is 79.1 Å². The lowest BCUT2D eigenvalue weighted by Crippen LogP contribution is -2.31. The molecule has 0 saturated carbocycles. The summed E-state index contributed by atoms with van der Waals surface area (Å²) in [6.07, 6.45) is -0.639. The second-order valence-electron chi connectivity index (χ2n) is 8.78. The number of nitrogens with two attached hydrogens (primary N) is 1. The molecule has 4 nitrogen and oxygen atoms in total. The van der Waals surface area contributed by atoms with Gasteiger partial charge in [0.25, 0.3) is 0 Å². The Morgan fingerprint density at radius 3 is 2.50 bits per heavy atom. The summed E-state index contributed by atoms with van der Waals surface area (Å²) in [5.74, 6) is -1.96. The van der Waals surface area contributed by atoms with Gasteiger partial charge in [-0.1, -0.05) is 41.7 Å². The molecule has 10 heteroatoms. The highest BCUT2D eigenvalue weighted by atomic mass is 32.1. The molecule has 0 bridgehead atoms. The molecule has 2 heterocycles. The lowest BCUT2D eigenvalue weighted by molar-refractivity contribution is -0.137. The summed E-state index contributed by atoms with van der Waals surface area (Å²) in [5.41, 5.74) is 7.28. The van der Waals surface area contributed by atoms with Crippen molar-refractivity contribution in [3.8, 4) is 21.7 Å². The molecule has 0 aliphatic rings. The number of anilines is 1. The normalized spacial score (nSPS) is 12.6. The Morgan fingerprint density at radius 1 is 0.947 bits per heavy atom. The Kier molecular flexibility index (Phi) is 7.09. The lowest BCUT2D eigenvalue weighted by atomic mass is 10.0. The summed E-state index contributed by atoms with van der Waals surface area (Å²) < 4.78 is 67.3. The minimum Gasteiger partial charge on any atom is -0.360 e. The van der Waals surface area contributed by atoms with E-state index in [1.807, 2.05) is 24.3 Å². The Balaban J connectivity index is 1.40. The number of alkyl halides is 3. The van der Waals surface area contributed by atoms with Crippen molar-refractivity contribution in [2.75, 3.05) is 11.9 Å². The SMILES string of the molecule is N[C@@H](CNc1nc(-c2cccc(F)c2F)c(-c2ccc3cnccc3c2)s1)Cc1ccc(C(F)(F)F)cc1. The minimum atomic E-state index is -4.40. The van der Waals surface area contributed by atoms with E-state index < -0.39 is 29.4 Å². The van der Waals surface area contributed by atoms with Crippen molar-refractivity contribution in [3.05, 3.63) is 102 Å². The van der Waals surface area contributed by atoms with E-state index in [0.29, 0.717) is 27.7 Å². The highest BCUT2D eigenvalue weighted by Crippen LogP contribution is 2.41. The van der Waals surface area contributed by atoms with Crippen LogP contribution in [0.3, 0.4) is 0 Å². The molecule has 3 aromatic carbocycles. The van der Waals surface area contributed by atoms with E-state index in [9.17, 15) is 22.0 Å². The number of hydrogen-bond donors (Lipinski definition) is 2. The summed E-state index contributed by atoms with van der Waals surface area (Å²) in [4.78, 5) is 9.33. The van der Waals surface area contributed by atoms with Crippen molar-refractivity contribution in [3.63, 3.8) is 0 Å². The third-order valence-corrected chi connectivity index (χ3v) is 7.09. The monoisotopic (exact) mass is 540 g/mol. The van der Waals surface area contributed by atoms with Crippen molar-refractivity contribution >= 4 is 27.2 Å². The molecule has 194 valence electrons. The van der Waals surface area contributed by atoms with Gasteiger partial charge >= 0.3 is 6.18 Å². The average molecular weight is 541 g/mol. The summed E-state index contributed by atoms with van der Waals surface area (Å²) in [5, 5.41) is 5.47. The maximum Gasteiger partial charge on any atom is 0.416 e. The zero-order chi connectivity index (χ0) is 26.9. The van der Waals surface area contributed by atoms with Crippen LogP contribution in [0, 0.1) is 11.6 Å². The molecular weight excluding hydrogens is 519 g/mol. The number of pyridine rings is 1. The van der Waals surface area contributed by atoms with Crippen molar-refractivity contribution in [2.24, 2.45) is 5.73 Å². The molecule has 1 atom stereocenters. The summed E-state index contributed by atoms with van der Waals surface area (Å²) in [7, 11) is 0. The topological polar surface area (TPSA) is 63.8 Å². The van der Waals surface area contributed by atoms with E-state index in [1.165, 1.54) is 35.6 Å². The maximum atomic E-state index is 14.8. The van der Waals surface area contributed by atoms with Crippen LogP contribution in [0.25, 0.3) is 32.5 Å². The van der Waals surface area contributed by atoms with E-state index in [0.717, 1.165) is 34.5 Å². The molecule has 0 aliphatic carbocycles. The second kappa shape index (κ2) is 10.5. The van der Waals surface area contributed by atoms with Crippen LogP contribution in [0.2, 0.25) is 0 Å². The fraction of sp³-hybridized carbons (Fsp3) is 0.143. The van der Waals surface area contributed by atoms with Gasteiger partial charge in [0.1, 0.15) is 0 Å². The van der Waals surface area contributed by atoms with Crippen LogP contribution < -0.4 is 11.1 Å². The fourth-order valence-corrected chi connectivity index (χ4v) is 5.09. The van der Waals surface area contributed by atoms with Crippen LogP contribution in [0.4, 0.5) is 27.1 Å². The Hall–Kier alpha value is -3.89. The quantitative estimate of drug-likeness (QED) is 0.213. The standard InChI is InChI=1S/C28H21F5N4S/c29-23-3-1-2-22(24(23)30)25-26(18-6-7-19-14-35-11-10-17(19)13-18)38-27(37-25)36-15-21(34)12-16-4-8-20(9-5-16)28(31,32)33/h1-11,13-14,21H,12,15,34H2,(H,36,37)/t21-/m1/s1. The van der Waals surface area contributed by atoms with E-state index >= 15 is 0 Å². The van der Waals surface area contributed by atoms with Gasteiger partial charge in [0, 0.05) is 35.9 Å². The van der Waals surface area contributed by atoms with Gasteiger partial charge in [0.05, 0.1) is 16.1 Å². The first-order valence-corrected chi connectivity index (χ1v) is 12.5. The number of nitrogens with one attached hydrogen (secondary N) is 1. The number of nitrogens with zero attached hydrogens (tertiary/aromatic N) is 2. The van der Waals surface area contributed by atoms with Gasteiger partial charge in [0.15, 0.2) is 16.8 Å². The third-order valence-electron chi connectivity index (χ3n) is 6.03. The van der Waals surface area contributed by atoms with Crippen LogP contribution in [-0.4, -0.2) is 22.6 Å². The van der Waals surface area contributed by atoms with Crippen LogP contribution >= 0.6 is 11.3 Å². The van der Waals surface area contributed by atoms with Crippen molar-refractivity contribution in [2.45, 2.75) is 18.6 Å². The van der Waals surface area contributed by atoms with Gasteiger partial charge in [-0.15, -0.1) is 0 Å². The van der Waals surface area contributed by atoms with Gasteiger partial charge in [-0.2, -0.15) is 13.2 Å². The average Bonchev–Trinajstić information content (AvgIpc) is 3.33. The minimum absolute atomic E-state index is 0.0354. The highest BCUT2D eigenvalue weighted by molar-refractivity contribution is 7.19. The molecule has 0 saturated heterocycles. The van der Waals surface area contributed by atoms with Crippen LogP contribution in [0.1, 0.15) is 11.1 Å². The van der Waals surface area contributed by atoms with Crippen LogP contribution in [-0.2, 0) is 12.6 Å². The number of thiazole rings is 1. The fourth-order valence-electron chi connectivity index (χ4n) is 4.11. The number of halogens is 5. The van der Waals surface area contributed by atoms with Gasteiger partial charge in [0.2, 0.25) is 0 Å². The molecule has 2 aromatic heterocycles. The largest absolute Gasteiger partial charge is 0.416 e. The summed E-state index contributed by atoms with van der Waals surface area (Å²) in [6.45, 7) is 0.266. The van der Waals surface area contributed by atoms with Gasteiger partial charge < -0.3 is 11.1 Å². The molecule has 0 fully saturated rings. The molecule has 0 amide bonds. The first-order chi connectivity index (χ1) is 18.2. The zero-order valence-corrected chi connectivity index (χ0v) is 20.6. The number of benzene rings is 3. The second-order valence-corrected chi connectivity index (χ2v) is 9.77. The molecule has 0 radical (unpaired) electrons. The van der Waals surface area contributed by atoms with Gasteiger partial charge in [-0.05, 0) is 59.3 Å². The van der Waals surface area contributed by atoms with Crippen LogP contribution in [0.5, 0.6) is 0 Å². The number of fused-ring (bicyclic) bond motifs is 1. The van der Waals surface area contributed by atoms with E-state index in [1.54, 1.807) is 12.4 Å². The van der Waals surface area contributed by atoms with Crippen molar-refractivity contribution in [1.82, 2.24) is 9.97 Å². The molecule has 5 aromatic rings. The zero-order valence-electron chi connectivity index (χ0n) is 19.8. The Labute approximate surface area is 219 Å². The highest BCUT2D eigenvalue weighted by Gasteiger charge is 2.30. The number of hydrogen-bond acceptors (Lipinski definition) is 5. The van der Waals surface area contributed by atoms with E-state index in [4.69, 9.17) is 5.73 Å².